The smallest absolute Gasteiger partial charge is 0.261 e. The summed E-state index contributed by atoms with van der Waals surface area (Å²) in [6, 6.07) is 15.3. The zero-order valence-electron chi connectivity index (χ0n) is 19.9. The molecule has 0 unspecified atom stereocenters. The van der Waals surface area contributed by atoms with Crippen LogP contribution in [0.25, 0.3) is 0 Å². The van der Waals surface area contributed by atoms with Crippen molar-refractivity contribution in [2.75, 3.05) is 25.4 Å². The summed E-state index contributed by atoms with van der Waals surface area (Å²) in [5, 5.41) is 2.68. The summed E-state index contributed by atoms with van der Waals surface area (Å²) < 4.78 is 71.5. The molecule has 3 rings (SSSR count). The third-order valence-corrected chi connectivity index (χ3v) is 8.31. The minimum atomic E-state index is -3.90. The summed E-state index contributed by atoms with van der Waals surface area (Å²) in [6.45, 7) is 1.52. The molecule has 0 radical (unpaired) electrons. The number of hydrogen-bond donors (Lipinski definition) is 2. The normalized spacial score (nSPS) is 11.8. The Morgan fingerprint density at radius 3 is 2.11 bits per heavy atom. The van der Waals surface area contributed by atoms with Crippen LogP contribution in [0, 0.1) is 12.7 Å². The van der Waals surface area contributed by atoms with Gasteiger partial charge >= 0.3 is 0 Å². The number of rotatable bonds is 10. The molecule has 2 N–H and O–H groups in total. The van der Waals surface area contributed by atoms with Crippen molar-refractivity contribution in [3.63, 3.8) is 0 Å². The van der Waals surface area contributed by atoms with Crippen LogP contribution < -0.4 is 14.8 Å². The first-order valence-electron chi connectivity index (χ1n) is 10.7. The monoisotopic (exact) mass is 535 g/mol. The van der Waals surface area contributed by atoms with E-state index >= 15 is 0 Å². The molecule has 0 aliphatic rings. The fourth-order valence-corrected chi connectivity index (χ4v) is 5.11. The minimum absolute atomic E-state index is 0.0131. The van der Waals surface area contributed by atoms with Crippen molar-refractivity contribution in [2.45, 2.75) is 23.3 Å². The van der Waals surface area contributed by atoms with Gasteiger partial charge in [-0.3, -0.25) is 9.52 Å². The van der Waals surface area contributed by atoms with Gasteiger partial charge in [-0.05, 0) is 72.6 Å². The Kier molecular flexibility index (Phi) is 8.33. The summed E-state index contributed by atoms with van der Waals surface area (Å²) in [6.07, 6.45) is 0. The van der Waals surface area contributed by atoms with Gasteiger partial charge in [-0.25, -0.2) is 25.5 Å². The molecule has 3 aromatic rings. The number of halogens is 1. The maximum absolute atomic E-state index is 13.0. The van der Waals surface area contributed by atoms with Crippen LogP contribution in [0.2, 0.25) is 0 Å². The van der Waals surface area contributed by atoms with Gasteiger partial charge in [0.15, 0.2) is 6.61 Å². The molecular formula is C24H26FN3O6S2. The van der Waals surface area contributed by atoms with E-state index in [4.69, 9.17) is 4.74 Å². The lowest BCUT2D eigenvalue weighted by Gasteiger charge is -2.13. The van der Waals surface area contributed by atoms with Crippen molar-refractivity contribution in [1.82, 2.24) is 9.62 Å². The van der Waals surface area contributed by atoms with Crippen LogP contribution >= 0.6 is 0 Å². The second-order valence-electron chi connectivity index (χ2n) is 8.04. The molecule has 0 aromatic heterocycles. The van der Waals surface area contributed by atoms with Gasteiger partial charge in [0.05, 0.1) is 9.79 Å². The summed E-state index contributed by atoms with van der Waals surface area (Å²) in [5.41, 5.74) is 1.43. The summed E-state index contributed by atoms with van der Waals surface area (Å²) in [5.74, 6) is -0.550. The zero-order chi connectivity index (χ0) is 26.5. The average molecular weight is 536 g/mol. The molecule has 0 saturated heterocycles. The highest BCUT2D eigenvalue weighted by molar-refractivity contribution is 7.92. The van der Waals surface area contributed by atoms with Crippen molar-refractivity contribution in [1.29, 1.82) is 0 Å². The predicted octanol–water partition coefficient (Wildman–Crippen LogP) is 2.88. The number of nitrogens with one attached hydrogen (secondary N) is 2. The maximum atomic E-state index is 13.0. The second kappa shape index (κ2) is 11.1. The van der Waals surface area contributed by atoms with Crippen LogP contribution in [0.5, 0.6) is 5.75 Å². The van der Waals surface area contributed by atoms with E-state index < -0.39 is 31.8 Å². The van der Waals surface area contributed by atoms with Crippen LogP contribution in [0.3, 0.4) is 0 Å². The molecule has 12 heteroatoms. The Morgan fingerprint density at radius 2 is 1.53 bits per heavy atom. The van der Waals surface area contributed by atoms with Gasteiger partial charge in [0, 0.05) is 26.3 Å². The number of aryl methyl sites for hydroxylation is 1. The number of amides is 1. The Bertz CT molecular complexity index is 1440. The Labute approximate surface area is 210 Å². The fraction of sp³-hybridized carbons (Fsp3) is 0.208. The molecule has 0 heterocycles. The molecule has 3 aromatic carbocycles. The van der Waals surface area contributed by atoms with Gasteiger partial charge in [0.2, 0.25) is 10.0 Å². The molecule has 9 nitrogen and oxygen atoms in total. The van der Waals surface area contributed by atoms with E-state index in [1.54, 1.807) is 19.1 Å². The number of carbonyl (C=O) groups excluding carboxylic acids is 1. The van der Waals surface area contributed by atoms with Crippen LogP contribution in [0.4, 0.5) is 10.1 Å². The summed E-state index contributed by atoms with van der Waals surface area (Å²) in [7, 11) is -4.53. The van der Waals surface area contributed by atoms with Crippen LogP contribution in [0.15, 0.2) is 76.5 Å². The number of nitrogens with zero attached hydrogens (tertiary/aromatic N) is 1. The van der Waals surface area contributed by atoms with Gasteiger partial charge in [0.25, 0.3) is 15.9 Å². The molecule has 0 aliphatic carbocycles. The molecule has 0 atom stereocenters. The number of hydrogen-bond acceptors (Lipinski definition) is 6. The van der Waals surface area contributed by atoms with E-state index in [1.807, 2.05) is 0 Å². The third kappa shape index (κ3) is 6.80. The lowest BCUT2D eigenvalue weighted by molar-refractivity contribution is -0.123. The third-order valence-electron chi connectivity index (χ3n) is 5.10. The van der Waals surface area contributed by atoms with Gasteiger partial charge < -0.3 is 10.1 Å². The van der Waals surface area contributed by atoms with Gasteiger partial charge in [-0.15, -0.1) is 0 Å². The molecule has 36 heavy (non-hydrogen) atoms. The molecule has 0 fully saturated rings. The number of carbonyl (C=O) groups is 1. The van der Waals surface area contributed by atoms with Gasteiger partial charge in [-0.2, -0.15) is 0 Å². The molecular weight excluding hydrogens is 509 g/mol. The van der Waals surface area contributed by atoms with Crippen molar-refractivity contribution in [2.24, 2.45) is 0 Å². The van der Waals surface area contributed by atoms with Crippen LogP contribution in [-0.4, -0.2) is 47.8 Å². The molecule has 0 aliphatic heterocycles. The number of sulfonamides is 2. The van der Waals surface area contributed by atoms with E-state index in [0.717, 1.165) is 16.4 Å². The predicted molar refractivity (Wildman–Crippen MR) is 133 cm³/mol. The number of anilines is 1. The van der Waals surface area contributed by atoms with Gasteiger partial charge in [-0.1, -0.05) is 12.1 Å². The highest BCUT2D eigenvalue weighted by atomic mass is 32.2. The standard InChI is InChI=1S/C24H26FN3O6S2/c1-17-14-22(35(30,31)27-20-8-6-19(25)7-9-20)12-13-23(17)34-16-24(29)26-15-18-4-10-21(11-5-18)36(32,33)28(2)3/h4-14,27H,15-16H2,1-3H3,(H,26,29). The molecule has 0 bridgehead atoms. The lowest BCUT2D eigenvalue weighted by Crippen LogP contribution is -2.28. The largest absolute Gasteiger partial charge is 0.484 e. The first-order chi connectivity index (χ1) is 16.9. The summed E-state index contributed by atoms with van der Waals surface area (Å²) in [4.78, 5) is 12.3. The van der Waals surface area contributed by atoms with E-state index in [-0.39, 0.29) is 28.6 Å². The Morgan fingerprint density at radius 1 is 0.917 bits per heavy atom. The van der Waals surface area contributed by atoms with E-state index in [1.165, 1.54) is 56.6 Å². The minimum Gasteiger partial charge on any atom is -0.484 e. The number of ether oxygens (including phenoxy) is 1. The lowest BCUT2D eigenvalue weighted by atomic mass is 10.2. The van der Waals surface area contributed by atoms with E-state index in [2.05, 4.69) is 10.0 Å². The Balaban J connectivity index is 1.55. The first kappa shape index (κ1) is 27.1. The average Bonchev–Trinajstić information content (AvgIpc) is 2.83. The molecule has 0 spiro atoms. The van der Waals surface area contributed by atoms with Crippen LogP contribution in [-0.2, 0) is 31.4 Å². The first-order valence-corrected chi connectivity index (χ1v) is 13.6. The molecule has 0 saturated carbocycles. The maximum Gasteiger partial charge on any atom is 0.261 e. The topological polar surface area (TPSA) is 122 Å². The fourth-order valence-electron chi connectivity index (χ4n) is 3.07. The SMILES string of the molecule is Cc1cc(S(=O)(=O)Nc2ccc(F)cc2)ccc1OCC(=O)NCc1ccc(S(=O)(=O)N(C)C)cc1. The highest BCUT2D eigenvalue weighted by Gasteiger charge is 2.18. The van der Waals surface area contributed by atoms with Crippen molar-refractivity contribution < 1.29 is 30.8 Å². The number of benzene rings is 3. The zero-order valence-corrected chi connectivity index (χ0v) is 21.5. The quantitative estimate of drug-likeness (QED) is 0.412. The second-order valence-corrected chi connectivity index (χ2v) is 11.9. The van der Waals surface area contributed by atoms with Crippen LogP contribution in [0.1, 0.15) is 11.1 Å². The van der Waals surface area contributed by atoms with Crippen molar-refractivity contribution >= 4 is 31.6 Å². The summed E-state index contributed by atoms with van der Waals surface area (Å²) >= 11 is 0. The van der Waals surface area contributed by atoms with Crippen molar-refractivity contribution in [3.05, 3.63) is 83.7 Å². The van der Waals surface area contributed by atoms with Crippen molar-refractivity contribution in [3.8, 4) is 5.75 Å². The van der Waals surface area contributed by atoms with Gasteiger partial charge in [0.1, 0.15) is 11.6 Å². The van der Waals surface area contributed by atoms with E-state index in [0.29, 0.717) is 16.9 Å². The Hall–Kier alpha value is -3.48. The molecule has 1 amide bonds. The highest BCUT2D eigenvalue weighted by Crippen LogP contribution is 2.24. The molecule has 192 valence electrons. The van der Waals surface area contributed by atoms with E-state index in [9.17, 15) is 26.0 Å².